The molecular weight excluding hydrogens is 326 g/mol. The van der Waals surface area contributed by atoms with Crippen LogP contribution < -0.4 is 10.1 Å². The lowest BCUT2D eigenvalue weighted by atomic mass is 10.1. The smallest absolute Gasteiger partial charge is 0.120 e. The highest BCUT2D eigenvalue weighted by atomic mass is 79.9. The molecule has 3 heteroatoms. The minimum Gasteiger partial charge on any atom is -0.491 e. The minimum absolute atomic E-state index is 0.283. The van der Waals surface area contributed by atoms with Crippen molar-refractivity contribution in [1.82, 2.24) is 5.32 Å². The number of unbranched alkanes of at least 4 members (excludes halogenated alkanes) is 3. The zero-order valence-corrected chi connectivity index (χ0v) is 15.5. The summed E-state index contributed by atoms with van der Waals surface area (Å²) in [4.78, 5) is 0. The Labute approximate surface area is 138 Å². The molecule has 0 heterocycles. The lowest BCUT2D eigenvalue weighted by molar-refractivity contribution is 0.206. The largest absolute Gasteiger partial charge is 0.491 e. The molecule has 1 aromatic carbocycles. The van der Waals surface area contributed by atoms with Crippen molar-refractivity contribution in [2.45, 2.75) is 71.9 Å². The van der Waals surface area contributed by atoms with Crippen LogP contribution in [0.1, 0.15) is 71.4 Å². The van der Waals surface area contributed by atoms with E-state index in [9.17, 15) is 0 Å². The quantitative estimate of drug-likeness (QED) is 0.530. The first-order valence-electron chi connectivity index (χ1n) is 8.27. The van der Waals surface area contributed by atoms with Gasteiger partial charge >= 0.3 is 0 Å². The van der Waals surface area contributed by atoms with Crippen LogP contribution in [0.4, 0.5) is 0 Å². The van der Waals surface area contributed by atoms with Crippen LogP contribution in [-0.4, -0.2) is 12.6 Å². The molecular formula is C18H30BrNO. The van der Waals surface area contributed by atoms with Crippen molar-refractivity contribution in [2.75, 3.05) is 6.54 Å². The normalized spacial score (nSPS) is 14.0. The van der Waals surface area contributed by atoms with Gasteiger partial charge in [0.2, 0.25) is 0 Å². The fraction of sp³-hybridized carbons (Fsp3) is 0.667. The lowest BCUT2D eigenvalue weighted by Crippen LogP contribution is -2.18. The third-order valence-corrected chi connectivity index (χ3v) is 4.44. The molecule has 0 fully saturated rings. The monoisotopic (exact) mass is 355 g/mol. The van der Waals surface area contributed by atoms with E-state index < -0.39 is 0 Å². The molecule has 0 aromatic heterocycles. The molecule has 120 valence electrons. The van der Waals surface area contributed by atoms with E-state index in [4.69, 9.17) is 4.74 Å². The van der Waals surface area contributed by atoms with Gasteiger partial charge in [0.05, 0.1) is 6.10 Å². The van der Waals surface area contributed by atoms with Gasteiger partial charge in [0.15, 0.2) is 0 Å². The maximum atomic E-state index is 6.02. The Morgan fingerprint density at radius 1 is 1.14 bits per heavy atom. The van der Waals surface area contributed by atoms with Crippen LogP contribution in [0.3, 0.4) is 0 Å². The molecule has 2 atom stereocenters. The first kappa shape index (κ1) is 18.5. The van der Waals surface area contributed by atoms with Gasteiger partial charge in [-0.05, 0) is 50.9 Å². The van der Waals surface area contributed by atoms with Gasteiger partial charge in [-0.2, -0.15) is 0 Å². The van der Waals surface area contributed by atoms with Gasteiger partial charge in [-0.25, -0.2) is 0 Å². The Bertz CT molecular complexity index is 408. The molecule has 0 spiro atoms. The van der Waals surface area contributed by atoms with E-state index in [1.54, 1.807) is 0 Å². The van der Waals surface area contributed by atoms with Crippen molar-refractivity contribution in [3.05, 3.63) is 28.2 Å². The van der Waals surface area contributed by atoms with E-state index in [1.807, 2.05) is 0 Å². The number of hydrogen-bond acceptors (Lipinski definition) is 2. The van der Waals surface area contributed by atoms with Crippen molar-refractivity contribution < 1.29 is 4.74 Å². The van der Waals surface area contributed by atoms with Crippen molar-refractivity contribution in [3.63, 3.8) is 0 Å². The Hall–Kier alpha value is -0.540. The van der Waals surface area contributed by atoms with Crippen molar-refractivity contribution in [1.29, 1.82) is 0 Å². The fourth-order valence-electron chi connectivity index (χ4n) is 2.50. The van der Waals surface area contributed by atoms with Crippen LogP contribution in [0, 0.1) is 0 Å². The zero-order valence-electron chi connectivity index (χ0n) is 13.9. The average molecular weight is 356 g/mol. The van der Waals surface area contributed by atoms with Gasteiger partial charge in [-0.3, -0.25) is 0 Å². The number of halogens is 1. The van der Waals surface area contributed by atoms with E-state index in [-0.39, 0.29) is 6.10 Å². The molecule has 1 N–H and O–H groups in total. The Balaban J connectivity index is 2.51. The maximum Gasteiger partial charge on any atom is 0.120 e. The van der Waals surface area contributed by atoms with Crippen LogP contribution >= 0.6 is 15.9 Å². The van der Waals surface area contributed by atoms with E-state index >= 15 is 0 Å². The summed E-state index contributed by atoms with van der Waals surface area (Å²) < 4.78 is 7.14. The molecule has 0 aliphatic carbocycles. The molecule has 0 amide bonds. The summed E-state index contributed by atoms with van der Waals surface area (Å²) in [5, 5.41) is 3.43. The van der Waals surface area contributed by atoms with Crippen molar-refractivity contribution in [3.8, 4) is 5.75 Å². The predicted molar refractivity (Wildman–Crippen MR) is 95.1 cm³/mol. The number of ether oxygens (including phenoxy) is 1. The number of rotatable bonds is 10. The number of benzene rings is 1. The molecule has 21 heavy (non-hydrogen) atoms. The van der Waals surface area contributed by atoms with E-state index in [0.29, 0.717) is 6.04 Å². The van der Waals surface area contributed by atoms with E-state index in [0.717, 1.165) is 23.2 Å². The van der Waals surface area contributed by atoms with E-state index in [1.165, 1.54) is 31.2 Å². The van der Waals surface area contributed by atoms with Crippen LogP contribution in [0.2, 0.25) is 0 Å². The minimum atomic E-state index is 0.283. The Morgan fingerprint density at radius 3 is 2.52 bits per heavy atom. The van der Waals surface area contributed by atoms with E-state index in [2.05, 4.69) is 67.1 Å². The lowest BCUT2D eigenvalue weighted by Gasteiger charge is -2.18. The number of hydrogen-bond donors (Lipinski definition) is 1. The summed E-state index contributed by atoms with van der Waals surface area (Å²) in [6, 6.07) is 6.67. The third-order valence-electron chi connectivity index (χ3n) is 3.75. The topological polar surface area (TPSA) is 21.3 Å². The van der Waals surface area contributed by atoms with Crippen LogP contribution in [0.15, 0.2) is 22.7 Å². The summed E-state index contributed by atoms with van der Waals surface area (Å²) >= 11 is 3.66. The van der Waals surface area contributed by atoms with Crippen molar-refractivity contribution >= 4 is 15.9 Å². The molecule has 0 bridgehead atoms. The van der Waals surface area contributed by atoms with Crippen LogP contribution in [-0.2, 0) is 0 Å². The molecule has 1 rings (SSSR count). The zero-order chi connectivity index (χ0) is 15.7. The first-order chi connectivity index (χ1) is 10.1. The standard InChI is InChI=1S/C18H30BrNO/c1-5-7-8-9-10-14(3)21-16-11-12-17(18(19)13-16)15(4)20-6-2/h11-15,20H,5-10H2,1-4H3. The number of nitrogens with one attached hydrogen (secondary N) is 1. The average Bonchev–Trinajstić information content (AvgIpc) is 2.44. The SMILES string of the molecule is CCCCCCC(C)Oc1ccc(C(C)NCC)c(Br)c1. The molecule has 2 unspecified atom stereocenters. The van der Waals surface area contributed by atoms with Crippen molar-refractivity contribution in [2.24, 2.45) is 0 Å². The van der Waals surface area contributed by atoms with Crippen LogP contribution in [0.25, 0.3) is 0 Å². The molecule has 2 nitrogen and oxygen atoms in total. The Kier molecular flexibility index (Phi) is 9.02. The summed E-state index contributed by atoms with van der Waals surface area (Å²) in [5.74, 6) is 0.956. The second-order valence-corrected chi connectivity index (χ2v) is 6.59. The highest BCUT2D eigenvalue weighted by molar-refractivity contribution is 9.10. The molecule has 0 aliphatic rings. The second kappa shape index (κ2) is 10.2. The Morgan fingerprint density at radius 2 is 1.90 bits per heavy atom. The maximum absolute atomic E-state index is 6.02. The molecule has 0 saturated carbocycles. The molecule has 1 aromatic rings. The van der Waals surface area contributed by atoms with Crippen LogP contribution in [0.5, 0.6) is 5.75 Å². The highest BCUT2D eigenvalue weighted by Gasteiger charge is 2.10. The predicted octanol–water partition coefficient (Wildman–Crippen LogP) is 5.86. The molecule has 0 radical (unpaired) electrons. The second-order valence-electron chi connectivity index (χ2n) is 5.74. The molecule has 0 saturated heterocycles. The van der Waals surface area contributed by atoms with Gasteiger partial charge in [-0.1, -0.05) is 55.1 Å². The highest BCUT2D eigenvalue weighted by Crippen LogP contribution is 2.28. The summed E-state index contributed by atoms with van der Waals surface area (Å²) in [6.07, 6.45) is 6.60. The first-order valence-corrected chi connectivity index (χ1v) is 9.07. The third kappa shape index (κ3) is 6.84. The summed E-state index contributed by atoms with van der Waals surface area (Å²) in [6.45, 7) is 9.69. The fourth-order valence-corrected chi connectivity index (χ4v) is 3.20. The van der Waals surface area contributed by atoms with Gasteiger partial charge in [0.25, 0.3) is 0 Å². The van der Waals surface area contributed by atoms with Gasteiger partial charge in [0.1, 0.15) is 5.75 Å². The van der Waals surface area contributed by atoms with Gasteiger partial charge in [-0.15, -0.1) is 0 Å². The van der Waals surface area contributed by atoms with Gasteiger partial charge < -0.3 is 10.1 Å². The summed E-state index contributed by atoms with van der Waals surface area (Å²) in [7, 11) is 0. The van der Waals surface area contributed by atoms with Gasteiger partial charge in [0, 0.05) is 10.5 Å². The summed E-state index contributed by atoms with van der Waals surface area (Å²) in [5.41, 5.74) is 1.28. The molecule has 0 aliphatic heterocycles.